The van der Waals surface area contributed by atoms with Crippen LogP contribution in [0.1, 0.15) is 47.2 Å². The number of carbonyl (C=O) groups excluding carboxylic acids is 3. The van der Waals surface area contributed by atoms with Crippen molar-refractivity contribution in [2.45, 2.75) is 50.0 Å². The van der Waals surface area contributed by atoms with Crippen LogP contribution in [-0.4, -0.2) is 62.5 Å². The highest BCUT2D eigenvalue weighted by Crippen LogP contribution is 2.48. The number of anilines is 3. The minimum absolute atomic E-state index is 0.00300. The van der Waals surface area contributed by atoms with Gasteiger partial charge in [0.15, 0.2) is 18.2 Å². The molecule has 3 aromatic carbocycles. The van der Waals surface area contributed by atoms with Crippen LogP contribution >= 0.6 is 11.6 Å². The molecule has 0 spiro atoms. The van der Waals surface area contributed by atoms with E-state index in [1.165, 1.54) is 30.3 Å². The van der Waals surface area contributed by atoms with Gasteiger partial charge in [-0.15, -0.1) is 0 Å². The monoisotopic (exact) mass is 761 g/mol. The summed E-state index contributed by atoms with van der Waals surface area (Å²) in [7, 11) is 0. The van der Waals surface area contributed by atoms with Gasteiger partial charge in [0.25, 0.3) is 11.8 Å². The number of carbonyl (C=O) groups is 4. The molecule has 278 valence electrons. The zero-order valence-corrected chi connectivity index (χ0v) is 28.0. The van der Waals surface area contributed by atoms with Gasteiger partial charge < -0.3 is 31.1 Å². The van der Waals surface area contributed by atoms with Crippen molar-refractivity contribution >= 4 is 52.8 Å². The number of ether oxygens (including phenoxy) is 1. The summed E-state index contributed by atoms with van der Waals surface area (Å²) in [6, 6.07) is 13.2. The Balaban J connectivity index is 1.20. The zero-order valence-electron chi connectivity index (χ0n) is 27.3. The first kappa shape index (κ1) is 38.3. The number of carboxylic acids is 1. The maximum atomic E-state index is 13.4. The van der Waals surface area contributed by atoms with Crippen LogP contribution in [-0.2, 0) is 26.5 Å². The summed E-state index contributed by atoms with van der Waals surface area (Å²) in [6.45, 7) is -1.93. The van der Waals surface area contributed by atoms with E-state index >= 15 is 0 Å². The Morgan fingerprint density at radius 1 is 0.906 bits per heavy atom. The molecule has 13 nitrogen and oxygen atoms in total. The topological polar surface area (TPSA) is 185 Å². The van der Waals surface area contributed by atoms with E-state index in [1.54, 1.807) is 12.1 Å². The van der Waals surface area contributed by atoms with Crippen molar-refractivity contribution in [3.63, 3.8) is 0 Å². The molecule has 0 bridgehead atoms. The average molecular weight is 762 g/mol. The predicted molar refractivity (Wildman–Crippen MR) is 178 cm³/mol. The lowest BCUT2D eigenvalue weighted by atomic mass is 10.1. The number of alkyl halides is 3. The summed E-state index contributed by atoms with van der Waals surface area (Å²) in [5.74, 6) is -6.85. The molecule has 0 saturated heterocycles. The normalized spacial score (nSPS) is 13.7. The molecule has 1 aliphatic carbocycles. The second-order valence-corrected chi connectivity index (χ2v) is 12.3. The predicted octanol–water partition coefficient (Wildman–Crippen LogP) is 5.44. The summed E-state index contributed by atoms with van der Waals surface area (Å²) in [5, 5.41) is 20.6. The van der Waals surface area contributed by atoms with E-state index in [4.69, 9.17) is 16.3 Å². The smallest absolute Gasteiger partial charge is 0.422 e. The van der Waals surface area contributed by atoms with Crippen molar-refractivity contribution in [3.05, 3.63) is 100 Å². The van der Waals surface area contributed by atoms with Gasteiger partial charge in [-0.05, 0) is 78.9 Å². The van der Waals surface area contributed by atoms with Crippen molar-refractivity contribution < 1.29 is 51.0 Å². The number of aromatic nitrogens is 3. The summed E-state index contributed by atoms with van der Waals surface area (Å²) in [4.78, 5) is 61.3. The minimum atomic E-state index is -4.66. The van der Waals surface area contributed by atoms with Gasteiger partial charge in [0.05, 0.1) is 5.54 Å². The number of nitrogens with one attached hydrogen (secondary N) is 4. The molecule has 1 heterocycles. The van der Waals surface area contributed by atoms with Crippen molar-refractivity contribution in [2.24, 2.45) is 0 Å². The lowest BCUT2D eigenvalue weighted by Crippen LogP contribution is -2.41. The Morgan fingerprint density at radius 3 is 2.21 bits per heavy atom. The molecule has 2 amide bonds. The van der Waals surface area contributed by atoms with Gasteiger partial charge in [-0.25, -0.2) is 13.6 Å². The highest BCUT2D eigenvalue weighted by atomic mass is 35.5. The Kier molecular flexibility index (Phi) is 11.7. The van der Waals surface area contributed by atoms with Crippen LogP contribution in [0, 0.1) is 11.6 Å². The van der Waals surface area contributed by atoms with E-state index in [9.17, 15) is 46.2 Å². The first-order valence-corrected chi connectivity index (χ1v) is 16.1. The number of rotatable bonds is 16. The Bertz CT molecular complexity index is 2000. The van der Waals surface area contributed by atoms with Crippen molar-refractivity contribution in [1.82, 2.24) is 25.6 Å². The Morgan fingerprint density at radius 2 is 1.58 bits per heavy atom. The van der Waals surface area contributed by atoms with Gasteiger partial charge in [0, 0.05) is 29.2 Å². The number of carboxylic acid groups (broad SMARTS) is 1. The molecule has 1 aromatic heterocycles. The minimum Gasteiger partial charge on any atom is -0.480 e. The molecular weight excluding hydrogens is 733 g/mol. The van der Waals surface area contributed by atoms with E-state index in [-0.39, 0.29) is 35.3 Å². The van der Waals surface area contributed by atoms with Crippen LogP contribution in [0.5, 0.6) is 6.01 Å². The second kappa shape index (κ2) is 16.2. The lowest BCUT2D eigenvalue weighted by molar-refractivity contribution is -0.154. The average Bonchev–Trinajstić information content (AvgIpc) is 3.89. The van der Waals surface area contributed by atoms with Crippen LogP contribution in [0.2, 0.25) is 5.02 Å². The highest BCUT2D eigenvalue weighted by Gasteiger charge is 2.45. The standard InChI is InChI=1S/C34H29ClF5N7O6/c35-21-6-4-20(5-7-21)33(13-14-33)47-31-44-30(45-32(46-31)53-17-34(38,39)40)42-22-8-2-19(3-9-22)27(49)43-25(29(51)52)11-12-26(48)28(50)41-16-18-1-10-23(36)24(37)15-18/h1-10,15,25H,11-14,16-17H2,(H,41,50)(H,43,49)(H,51,52)(H2,42,44,45,46,47)/t25-/m0/s1. The van der Waals surface area contributed by atoms with E-state index in [1.807, 2.05) is 12.1 Å². The lowest BCUT2D eigenvalue weighted by Gasteiger charge is -2.19. The van der Waals surface area contributed by atoms with Crippen LogP contribution in [0.15, 0.2) is 66.7 Å². The number of Topliss-reactive ketones (excluding diaryl/α,β-unsaturated/α-hetero) is 1. The van der Waals surface area contributed by atoms with Gasteiger partial charge >= 0.3 is 18.2 Å². The maximum absolute atomic E-state index is 13.4. The molecule has 19 heteroatoms. The van der Waals surface area contributed by atoms with Crippen molar-refractivity contribution in [1.29, 1.82) is 0 Å². The molecule has 0 aliphatic heterocycles. The SMILES string of the molecule is O=C(CC[C@H](NC(=O)c1ccc(Nc2nc(NC3(c4ccc(Cl)cc4)CC3)nc(OCC(F)(F)F)n2)cc1)C(=O)O)C(=O)NCc1ccc(F)c(F)c1. The number of amides is 2. The Labute approximate surface area is 302 Å². The van der Waals surface area contributed by atoms with Crippen LogP contribution in [0.25, 0.3) is 0 Å². The fraction of sp³-hybridized carbons (Fsp3) is 0.265. The molecule has 1 aliphatic rings. The van der Waals surface area contributed by atoms with Gasteiger partial charge in [0.1, 0.15) is 6.04 Å². The summed E-state index contributed by atoms with van der Waals surface area (Å²) in [5.41, 5.74) is 0.758. The number of halogens is 6. The van der Waals surface area contributed by atoms with Crippen LogP contribution in [0.3, 0.4) is 0 Å². The van der Waals surface area contributed by atoms with Gasteiger partial charge in [0.2, 0.25) is 17.7 Å². The third-order valence-corrected chi connectivity index (χ3v) is 8.09. The fourth-order valence-electron chi connectivity index (χ4n) is 4.93. The number of ketones is 1. The number of benzene rings is 3. The molecule has 53 heavy (non-hydrogen) atoms. The molecule has 1 saturated carbocycles. The highest BCUT2D eigenvalue weighted by molar-refractivity contribution is 6.36. The molecule has 0 unspecified atom stereocenters. The van der Waals surface area contributed by atoms with Gasteiger partial charge in [-0.2, -0.15) is 28.1 Å². The van der Waals surface area contributed by atoms with E-state index < -0.39 is 78.4 Å². The fourth-order valence-corrected chi connectivity index (χ4v) is 5.05. The molecule has 4 aromatic rings. The molecule has 1 fully saturated rings. The second-order valence-electron chi connectivity index (χ2n) is 11.8. The molecule has 0 radical (unpaired) electrons. The Hall–Kier alpha value is -5.91. The first-order valence-electron chi connectivity index (χ1n) is 15.7. The van der Waals surface area contributed by atoms with Crippen LogP contribution < -0.4 is 26.0 Å². The molecular formula is C34H29ClF5N7O6. The number of nitrogens with zero attached hydrogens (tertiary/aromatic N) is 3. The third kappa shape index (κ3) is 10.8. The van der Waals surface area contributed by atoms with E-state index in [0.717, 1.165) is 17.7 Å². The van der Waals surface area contributed by atoms with E-state index in [0.29, 0.717) is 17.9 Å². The molecule has 5 N–H and O–H groups in total. The van der Waals surface area contributed by atoms with Crippen molar-refractivity contribution in [2.75, 3.05) is 17.2 Å². The number of hydrogen-bond donors (Lipinski definition) is 5. The number of aliphatic carboxylic acids is 1. The van der Waals surface area contributed by atoms with Crippen molar-refractivity contribution in [3.8, 4) is 6.01 Å². The van der Waals surface area contributed by atoms with E-state index in [2.05, 4.69) is 36.2 Å². The zero-order chi connectivity index (χ0) is 38.3. The summed E-state index contributed by atoms with van der Waals surface area (Å²) < 4.78 is 70.0. The van der Waals surface area contributed by atoms with Gasteiger partial charge in [-0.1, -0.05) is 29.8 Å². The maximum Gasteiger partial charge on any atom is 0.422 e. The summed E-state index contributed by atoms with van der Waals surface area (Å²) >= 11 is 6.00. The summed E-state index contributed by atoms with van der Waals surface area (Å²) in [6.07, 6.45) is -4.29. The first-order chi connectivity index (χ1) is 25.1. The third-order valence-electron chi connectivity index (χ3n) is 7.83. The molecule has 1 atom stereocenters. The molecule has 5 rings (SSSR count). The largest absolute Gasteiger partial charge is 0.480 e. The van der Waals surface area contributed by atoms with Gasteiger partial charge in [-0.3, -0.25) is 14.4 Å². The quantitative estimate of drug-likeness (QED) is 0.0724. The van der Waals surface area contributed by atoms with Crippen LogP contribution in [0.4, 0.5) is 39.5 Å². The number of hydrogen-bond acceptors (Lipinski definition) is 10.